The minimum atomic E-state index is 0.185. The molecule has 3 aromatic rings. The number of nitrogens with one attached hydrogen (secondary N) is 1. The van der Waals surface area contributed by atoms with Gasteiger partial charge in [-0.15, -0.1) is 0 Å². The molecule has 4 rings (SSSR count). The molecule has 0 fully saturated rings. The number of nitrogen functional groups attached to an aromatic ring is 1. The number of aromatic amines is 1. The van der Waals surface area contributed by atoms with Crippen molar-refractivity contribution in [2.45, 2.75) is 26.2 Å². The standard InChI is InChI=1S/C17H18N4O/c1-9(2)8-11-12-14(10-6-4-3-5-7-10)19-20-15(12)16-13(11)17(18)21-22-16/h3-7,9,11H,8H2,1-2H3,(H2,18,21)(H,19,20)/t11-/m1/s1. The van der Waals surface area contributed by atoms with Crippen molar-refractivity contribution in [2.75, 3.05) is 5.73 Å². The normalized spacial score (nSPS) is 16.0. The fourth-order valence-corrected chi connectivity index (χ4v) is 3.36. The summed E-state index contributed by atoms with van der Waals surface area (Å²) in [6, 6.07) is 10.2. The minimum absolute atomic E-state index is 0.185. The van der Waals surface area contributed by atoms with Crippen LogP contribution in [-0.2, 0) is 0 Å². The maximum absolute atomic E-state index is 6.05. The van der Waals surface area contributed by atoms with Gasteiger partial charge in [0.1, 0.15) is 5.69 Å². The summed E-state index contributed by atoms with van der Waals surface area (Å²) < 4.78 is 5.45. The first-order chi connectivity index (χ1) is 10.7. The van der Waals surface area contributed by atoms with Crippen molar-refractivity contribution in [1.29, 1.82) is 0 Å². The average molecular weight is 294 g/mol. The first-order valence-electron chi connectivity index (χ1n) is 7.56. The van der Waals surface area contributed by atoms with Crippen LogP contribution in [0.15, 0.2) is 34.9 Å². The van der Waals surface area contributed by atoms with Gasteiger partial charge in [0.25, 0.3) is 0 Å². The summed E-state index contributed by atoms with van der Waals surface area (Å²) >= 11 is 0. The molecule has 5 nitrogen and oxygen atoms in total. The Bertz CT molecular complexity index is 817. The van der Waals surface area contributed by atoms with Crippen LogP contribution in [0.25, 0.3) is 22.7 Å². The van der Waals surface area contributed by atoms with E-state index < -0.39 is 0 Å². The molecule has 1 aliphatic carbocycles. The molecule has 0 saturated heterocycles. The zero-order valence-corrected chi connectivity index (χ0v) is 12.6. The van der Waals surface area contributed by atoms with Crippen molar-refractivity contribution in [3.8, 4) is 22.7 Å². The highest BCUT2D eigenvalue weighted by Gasteiger charge is 2.39. The number of rotatable bonds is 3. The molecule has 22 heavy (non-hydrogen) atoms. The molecule has 2 aromatic heterocycles. The third-order valence-electron chi connectivity index (χ3n) is 4.24. The van der Waals surface area contributed by atoms with Crippen molar-refractivity contribution in [2.24, 2.45) is 5.92 Å². The van der Waals surface area contributed by atoms with E-state index in [2.05, 4.69) is 41.3 Å². The maximum atomic E-state index is 6.05. The Hall–Kier alpha value is -2.56. The van der Waals surface area contributed by atoms with Gasteiger partial charge in [-0.25, -0.2) is 0 Å². The number of benzene rings is 1. The summed E-state index contributed by atoms with van der Waals surface area (Å²) in [4.78, 5) is 0. The van der Waals surface area contributed by atoms with Gasteiger partial charge in [0.2, 0.25) is 0 Å². The van der Waals surface area contributed by atoms with E-state index >= 15 is 0 Å². The Labute approximate surface area is 128 Å². The molecular weight excluding hydrogens is 276 g/mol. The lowest BCUT2D eigenvalue weighted by atomic mass is 9.87. The number of fused-ring (bicyclic) bond motifs is 3. The topological polar surface area (TPSA) is 80.7 Å². The van der Waals surface area contributed by atoms with E-state index in [1.54, 1.807) is 0 Å². The molecule has 0 amide bonds. The Morgan fingerprint density at radius 3 is 2.73 bits per heavy atom. The molecular formula is C17H18N4O. The van der Waals surface area contributed by atoms with Crippen molar-refractivity contribution in [3.05, 3.63) is 41.5 Å². The molecule has 0 bridgehead atoms. The van der Waals surface area contributed by atoms with Gasteiger partial charge in [0.15, 0.2) is 11.6 Å². The van der Waals surface area contributed by atoms with Crippen LogP contribution in [0.4, 0.5) is 5.82 Å². The number of H-pyrrole nitrogens is 1. The first-order valence-corrected chi connectivity index (χ1v) is 7.56. The predicted octanol–water partition coefficient (Wildman–Crippen LogP) is 3.81. The average Bonchev–Trinajstić information content (AvgIpc) is 3.15. The zero-order valence-electron chi connectivity index (χ0n) is 12.6. The van der Waals surface area contributed by atoms with Crippen LogP contribution in [0.2, 0.25) is 0 Å². The lowest BCUT2D eigenvalue weighted by Gasteiger charge is -2.15. The number of hydrogen-bond donors (Lipinski definition) is 2. The maximum Gasteiger partial charge on any atom is 0.190 e. The number of aromatic nitrogens is 3. The summed E-state index contributed by atoms with van der Waals surface area (Å²) in [5.74, 6) is 1.96. The Balaban J connectivity index is 1.91. The molecule has 0 unspecified atom stereocenters. The van der Waals surface area contributed by atoms with Crippen LogP contribution in [-0.4, -0.2) is 15.4 Å². The molecule has 1 aliphatic rings. The molecule has 0 radical (unpaired) electrons. The summed E-state index contributed by atoms with van der Waals surface area (Å²) in [6.45, 7) is 4.42. The molecule has 5 heteroatoms. The quantitative estimate of drug-likeness (QED) is 0.769. The number of nitrogens with zero attached hydrogens (tertiary/aromatic N) is 2. The van der Waals surface area contributed by atoms with E-state index in [1.165, 1.54) is 5.56 Å². The van der Waals surface area contributed by atoms with Crippen molar-refractivity contribution >= 4 is 5.82 Å². The summed E-state index contributed by atoms with van der Waals surface area (Å²) in [5.41, 5.74) is 11.2. The highest BCUT2D eigenvalue weighted by molar-refractivity contribution is 5.82. The molecule has 1 aromatic carbocycles. The van der Waals surface area contributed by atoms with E-state index in [0.29, 0.717) is 11.7 Å². The summed E-state index contributed by atoms with van der Waals surface area (Å²) in [6.07, 6.45) is 0.991. The summed E-state index contributed by atoms with van der Waals surface area (Å²) in [7, 11) is 0. The van der Waals surface area contributed by atoms with Gasteiger partial charge in [0.05, 0.1) is 11.3 Å². The van der Waals surface area contributed by atoms with Crippen molar-refractivity contribution < 1.29 is 4.52 Å². The fraction of sp³-hybridized carbons (Fsp3) is 0.294. The third-order valence-corrected chi connectivity index (χ3v) is 4.24. The highest BCUT2D eigenvalue weighted by atomic mass is 16.5. The van der Waals surface area contributed by atoms with E-state index in [-0.39, 0.29) is 5.92 Å². The molecule has 1 atom stereocenters. The van der Waals surface area contributed by atoms with Crippen LogP contribution >= 0.6 is 0 Å². The van der Waals surface area contributed by atoms with Crippen LogP contribution in [0, 0.1) is 5.92 Å². The summed E-state index contributed by atoms with van der Waals surface area (Å²) in [5, 5.41) is 11.6. The Morgan fingerprint density at radius 2 is 2.00 bits per heavy atom. The molecule has 0 saturated carbocycles. The molecule has 112 valence electrons. The van der Waals surface area contributed by atoms with E-state index in [1.807, 2.05) is 18.2 Å². The zero-order chi connectivity index (χ0) is 15.3. The SMILES string of the molecule is CC(C)C[C@@H]1c2c(-c3ccccc3)n[nH]c2-c2onc(N)c21. The number of hydrogen-bond acceptors (Lipinski definition) is 4. The molecule has 2 heterocycles. The van der Waals surface area contributed by atoms with Gasteiger partial charge in [0, 0.05) is 17.0 Å². The number of anilines is 1. The van der Waals surface area contributed by atoms with Crippen molar-refractivity contribution in [1.82, 2.24) is 15.4 Å². The van der Waals surface area contributed by atoms with Gasteiger partial charge in [-0.3, -0.25) is 5.10 Å². The van der Waals surface area contributed by atoms with Crippen LogP contribution in [0.5, 0.6) is 0 Å². The fourth-order valence-electron chi connectivity index (χ4n) is 3.36. The van der Waals surface area contributed by atoms with Gasteiger partial charge in [-0.05, 0) is 12.3 Å². The van der Waals surface area contributed by atoms with Crippen LogP contribution < -0.4 is 5.73 Å². The second kappa shape index (κ2) is 4.73. The monoisotopic (exact) mass is 294 g/mol. The molecule has 0 spiro atoms. The largest absolute Gasteiger partial charge is 0.381 e. The minimum Gasteiger partial charge on any atom is -0.381 e. The van der Waals surface area contributed by atoms with Crippen LogP contribution in [0.1, 0.15) is 37.3 Å². The molecule has 3 N–H and O–H groups in total. The van der Waals surface area contributed by atoms with Crippen molar-refractivity contribution in [3.63, 3.8) is 0 Å². The van der Waals surface area contributed by atoms with Gasteiger partial charge in [-0.2, -0.15) is 5.10 Å². The van der Waals surface area contributed by atoms with Crippen LogP contribution in [0.3, 0.4) is 0 Å². The second-order valence-corrected chi connectivity index (χ2v) is 6.22. The van der Waals surface area contributed by atoms with Gasteiger partial charge in [-0.1, -0.05) is 49.3 Å². The highest BCUT2D eigenvalue weighted by Crippen LogP contribution is 2.51. The molecule has 0 aliphatic heterocycles. The Kier molecular flexibility index (Phi) is 2.82. The van der Waals surface area contributed by atoms with Gasteiger partial charge < -0.3 is 10.3 Å². The van der Waals surface area contributed by atoms with E-state index in [4.69, 9.17) is 10.3 Å². The van der Waals surface area contributed by atoms with E-state index in [9.17, 15) is 0 Å². The first kappa shape index (κ1) is 13.1. The Morgan fingerprint density at radius 1 is 1.23 bits per heavy atom. The lowest BCUT2D eigenvalue weighted by Crippen LogP contribution is -2.04. The second-order valence-electron chi connectivity index (χ2n) is 6.22. The van der Waals surface area contributed by atoms with Gasteiger partial charge >= 0.3 is 0 Å². The predicted molar refractivity (Wildman–Crippen MR) is 85.2 cm³/mol. The van der Waals surface area contributed by atoms with E-state index in [0.717, 1.165) is 34.7 Å². The third kappa shape index (κ3) is 1.78. The smallest absolute Gasteiger partial charge is 0.190 e. The number of nitrogens with two attached hydrogens (primary N) is 1. The lowest BCUT2D eigenvalue weighted by molar-refractivity contribution is 0.434.